The predicted octanol–water partition coefficient (Wildman–Crippen LogP) is 2.50. The molecule has 0 bridgehead atoms. The first kappa shape index (κ1) is 11.7. The summed E-state index contributed by atoms with van der Waals surface area (Å²) in [7, 11) is 0. The van der Waals surface area contributed by atoms with Crippen LogP contribution in [0.15, 0.2) is 22.7 Å². The van der Waals surface area contributed by atoms with Crippen molar-refractivity contribution < 1.29 is 13.9 Å². The maximum absolute atomic E-state index is 12.9. The largest absolute Gasteiger partial charge is 0.456 e. The SMILES string of the molecule is CCOC(=O)C#Cc1cc(F)cc(Br)c1. The molecule has 15 heavy (non-hydrogen) atoms. The van der Waals surface area contributed by atoms with E-state index in [2.05, 4.69) is 32.5 Å². The number of benzene rings is 1. The van der Waals surface area contributed by atoms with Gasteiger partial charge in [-0.25, -0.2) is 9.18 Å². The molecule has 0 spiro atoms. The first-order chi connectivity index (χ1) is 7.11. The van der Waals surface area contributed by atoms with Crippen LogP contribution in [0.4, 0.5) is 4.39 Å². The number of rotatable bonds is 1. The minimum atomic E-state index is -0.613. The summed E-state index contributed by atoms with van der Waals surface area (Å²) < 4.78 is 18.1. The highest BCUT2D eigenvalue weighted by atomic mass is 79.9. The van der Waals surface area contributed by atoms with Gasteiger partial charge in [0.1, 0.15) is 5.82 Å². The Kier molecular flexibility index (Phi) is 4.32. The van der Waals surface area contributed by atoms with E-state index < -0.39 is 11.8 Å². The van der Waals surface area contributed by atoms with Crippen molar-refractivity contribution >= 4 is 21.9 Å². The zero-order valence-electron chi connectivity index (χ0n) is 8.01. The summed E-state index contributed by atoms with van der Waals surface area (Å²) in [5.74, 6) is 3.75. The van der Waals surface area contributed by atoms with E-state index in [0.717, 1.165) is 0 Å². The molecule has 0 atom stereocenters. The smallest absolute Gasteiger partial charge is 0.384 e. The van der Waals surface area contributed by atoms with Crippen LogP contribution < -0.4 is 0 Å². The number of carbonyl (C=O) groups is 1. The lowest BCUT2D eigenvalue weighted by Gasteiger charge is -1.94. The third-order valence-electron chi connectivity index (χ3n) is 1.45. The third-order valence-corrected chi connectivity index (χ3v) is 1.90. The molecular formula is C11H8BrFO2. The summed E-state index contributed by atoms with van der Waals surface area (Å²) in [6.45, 7) is 1.97. The Morgan fingerprint density at radius 1 is 1.53 bits per heavy atom. The molecule has 0 saturated heterocycles. The molecule has 0 heterocycles. The van der Waals surface area contributed by atoms with Gasteiger partial charge in [0.25, 0.3) is 0 Å². The summed E-state index contributed by atoms with van der Waals surface area (Å²) in [4.78, 5) is 10.9. The van der Waals surface area contributed by atoms with Crippen LogP contribution in [0.5, 0.6) is 0 Å². The number of carbonyl (C=O) groups excluding carboxylic acids is 1. The van der Waals surface area contributed by atoms with E-state index in [-0.39, 0.29) is 6.61 Å². The van der Waals surface area contributed by atoms with E-state index in [4.69, 9.17) is 0 Å². The highest BCUT2D eigenvalue weighted by Gasteiger charge is 1.97. The topological polar surface area (TPSA) is 26.3 Å². The fraction of sp³-hybridized carbons (Fsp3) is 0.182. The monoisotopic (exact) mass is 270 g/mol. The van der Waals surface area contributed by atoms with Crippen LogP contribution in [-0.2, 0) is 9.53 Å². The van der Waals surface area contributed by atoms with Crippen molar-refractivity contribution in [1.82, 2.24) is 0 Å². The zero-order chi connectivity index (χ0) is 11.3. The van der Waals surface area contributed by atoms with Crippen LogP contribution in [0.25, 0.3) is 0 Å². The lowest BCUT2D eigenvalue weighted by Crippen LogP contribution is -1.99. The first-order valence-corrected chi connectivity index (χ1v) is 5.06. The van der Waals surface area contributed by atoms with E-state index in [9.17, 15) is 9.18 Å². The van der Waals surface area contributed by atoms with Gasteiger partial charge in [-0.1, -0.05) is 21.9 Å². The van der Waals surface area contributed by atoms with Crippen LogP contribution in [0.2, 0.25) is 0 Å². The summed E-state index contributed by atoms with van der Waals surface area (Å²) in [6.07, 6.45) is 0. The molecule has 4 heteroatoms. The third kappa shape index (κ3) is 4.13. The van der Waals surface area contributed by atoms with Crippen molar-refractivity contribution in [3.63, 3.8) is 0 Å². The highest BCUT2D eigenvalue weighted by Crippen LogP contribution is 2.13. The average Bonchev–Trinajstić information content (AvgIpc) is 2.14. The minimum absolute atomic E-state index is 0.278. The van der Waals surface area contributed by atoms with Gasteiger partial charge in [-0.3, -0.25) is 0 Å². The fourth-order valence-electron chi connectivity index (χ4n) is 0.916. The Labute approximate surface area is 95.6 Å². The van der Waals surface area contributed by atoms with Crippen molar-refractivity contribution in [2.45, 2.75) is 6.92 Å². The van der Waals surface area contributed by atoms with Gasteiger partial charge in [-0.05, 0) is 25.1 Å². The van der Waals surface area contributed by atoms with Crippen molar-refractivity contribution in [2.24, 2.45) is 0 Å². The quantitative estimate of drug-likeness (QED) is 0.579. The number of esters is 1. The van der Waals surface area contributed by atoms with Crippen LogP contribution in [-0.4, -0.2) is 12.6 Å². The lowest BCUT2D eigenvalue weighted by atomic mass is 10.2. The van der Waals surface area contributed by atoms with E-state index in [1.807, 2.05) is 0 Å². The van der Waals surface area contributed by atoms with Crippen molar-refractivity contribution in [1.29, 1.82) is 0 Å². The second kappa shape index (κ2) is 5.52. The second-order valence-corrected chi connectivity index (χ2v) is 3.54. The molecule has 0 N–H and O–H groups in total. The molecule has 1 aromatic rings. The molecule has 0 unspecified atom stereocenters. The summed E-state index contributed by atoms with van der Waals surface area (Å²) in [5, 5.41) is 0. The molecule has 0 aliphatic rings. The molecule has 0 aromatic heterocycles. The van der Waals surface area contributed by atoms with Gasteiger partial charge in [0, 0.05) is 16.0 Å². The van der Waals surface area contributed by atoms with Crippen molar-refractivity contribution in [3.05, 3.63) is 34.1 Å². The van der Waals surface area contributed by atoms with Gasteiger partial charge in [-0.2, -0.15) is 0 Å². The molecule has 1 rings (SSSR count). The Morgan fingerprint density at radius 2 is 2.27 bits per heavy atom. The second-order valence-electron chi connectivity index (χ2n) is 2.63. The maximum Gasteiger partial charge on any atom is 0.384 e. The minimum Gasteiger partial charge on any atom is -0.456 e. The van der Waals surface area contributed by atoms with Gasteiger partial charge in [0.2, 0.25) is 0 Å². The normalized spacial score (nSPS) is 9.00. The van der Waals surface area contributed by atoms with Crippen LogP contribution in [0, 0.1) is 17.7 Å². The fourth-order valence-corrected chi connectivity index (χ4v) is 1.38. The van der Waals surface area contributed by atoms with Crippen LogP contribution in [0.1, 0.15) is 12.5 Å². The summed E-state index contributed by atoms with van der Waals surface area (Å²) in [6, 6.07) is 4.18. The highest BCUT2D eigenvalue weighted by molar-refractivity contribution is 9.10. The van der Waals surface area contributed by atoms with E-state index in [1.165, 1.54) is 12.1 Å². The van der Waals surface area contributed by atoms with Gasteiger partial charge in [0.05, 0.1) is 6.61 Å². The molecular weight excluding hydrogens is 263 g/mol. The molecule has 0 fully saturated rings. The molecule has 0 saturated carbocycles. The molecule has 0 aliphatic heterocycles. The number of ether oxygens (including phenoxy) is 1. The van der Waals surface area contributed by atoms with Crippen LogP contribution >= 0.6 is 15.9 Å². The van der Waals surface area contributed by atoms with Gasteiger partial charge < -0.3 is 4.74 Å². The van der Waals surface area contributed by atoms with Gasteiger partial charge in [0.15, 0.2) is 0 Å². The number of hydrogen-bond donors (Lipinski definition) is 0. The van der Waals surface area contributed by atoms with Crippen LogP contribution in [0.3, 0.4) is 0 Å². The van der Waals surface area contributed by atoms with E-state index in [0.29, 0.717) is 10.0 Å². The number of hydrogen-bond acceptors (Lipinski definition) is 2. The van der Waals surface area contributed by atoms with Gasteiger partial charge in [-0.15, -0.1) is 0 Å². The molecule has 0 radical (unpaired) electrons. The average molecular weight is 271 g/mol. The zero-order valence-corrected chi connectivity index (χ0v) is 9.60. The Morgan fingerprint density at radius 3 is 2.87 bits per heavy atom. The first-order valence-electron chi connectivity index (χ1n) is 4.26. The van der Waals surface area contributed by atoms with Crippen molar-refractivity contribution in [2.75, 3.05) is 6.61 Å². The van der Waals surface area contributed by atoms with E-state index in [1.54, 1.807) is 13.0 Å². The van der Waals surface area contributed by atoms with Gasteiger partial charge >= 0.3 is 5.97 Å². The van der Waals surface area contributed by atoms with Crippen molar-refractivity contribution in [3.8, 4) is 11.8 Å². The predicted molar refractivity (Wildman–Crippen MR) is 57.6 cm³/mol. The Hall–Kier alpha value is -1.34. The molecule has 1 aromatic carbocycles. The number of halogens is 2. The maximum atomic E-state index is 12.9. The Balaban J connectivity index is 2.84. The standard InChI is InChI=1S/C11H8BrFO2/c1-2-15-11(14)4-3-8-5-9(12)7-10(13)6-8/h5-7H,2H2,1H3. The molecule has 78 valence electrons. The van der Waals surface area contributed by atoms with E-state index >= 15 is 0 Å². The molecule has 0 amide bonds. The molecule has 0 aliphatic carbocycles. The lowest BCUT2D eigenvalue weighted by molar-refractivity contribution is -0.136. The Bertz CT molecular complexity index is 412. The summed E-state index contributed by atoms with van der Waals surface area (Å²) in [5.41, 5.74) is 0.426. The summed E-state index contributed by atoms with van der Waals surface area (Å²) >= 11 is 3.13. The molecule has 2 nitrogen and oxygen atoms in total.